The number of nitrogens with two attached hydrogens (primary N) is 1. The summed E-state index contributed by atoms with van der Waals surface area (Å²) in [5, 5.41) is 13.2. The van der Waals surface area contributed by atoms with Gasteiger partial charge >= 0.3 is 6.18 Å². The summed E-state index contributed by atoms with van der Waals surface area (Å²) in [7, 11) is 0. The maximum absolute atomic E-state index is 11.6. The van der Waals surface area contributed by atoms with E-state index in [1.54, 1.807) is 0 Å². The van der Waals surface area contributed by atoms with Crippen molar-refractivity contribution in [1.29, 1.82) is 0 Å². The number of amides is 1. The largest absolute Gasteiger partial charge is 0.411 e. The quantitative estimate of drug-likeness (QED) is 0.200. The molecule has 0 saturated carbocycles. The Balaban J connectivity index is 3.48. The normalized spacial score (nSPS) is 12.5. The van der Waals surface area contributed by atoms with Gasteiger partial charge in [-0.05, 0) is 6.42 Å². The first-order valence-electron chi connectivity index (χ1n) is 4.72. The van der Waals surface area contributed by atoms with Crippen LogP contribution in [0.15, 0.2) is 5.16 Å². The fraction of sp³-hybridized carbons (Fsp3) is 0.750. The van der Waals surface area contributed by atoms with Gasteiger partial charge in [0.2, 0.25) is 5.91 Å². The number of oxime groups is 1. The van der Waals surface area contributed by atoms with Crippen molar-refractivity contribution in [3.05, 3.63) is 0 Å². The summed E-state index contributed by atoms with van der Waals surface area (Å²) >= 11 is 0. The Morgan fingerprint density at radius 1 is 1.47 bits per heavy atom. The number of ether oxygens (including phenoxy) is 1. The highest BCUT2D eigenvalue weighted by Gasteiger charge is 2.27. The van der Waals surface area contributed by atoms with Crippen LogP contribution < -0.4 is 11.1 Å². The van der Waals surface area contributed by atoms with E-state index in [0.717, 1.165) is 0 Å². The molecule has 0 bridgehead atoms. The predicted octanol–water partition coefficient (Wildman–Crippen LogP) is 0.208. The van der Waals surface area contributed by atoms with Crippen LogP contribution in [0, 0.1) is 0 Å². The fourth-order valence-electron chi connectivity index (χ4n) is 0.858. The van der Waals surface area contributed by atoms with Crippen LogP contribution in [0.1, 0.15) is 12.8 Å². The van der Waals surface area contributed by atoms with Crippen molar-refractivity contribution < 1.29 is 27.9 Å². The van der Waals surface area contributed by atoms with Gasteiger partial charge in [-0.2, -0.15) is 13.2 Å². The molecule has 0 aromatic carbocycles. The number of carbonyl (C=O) groups excluding carboxylic acids is 1. The van der Waals surface area contributed by atoms with Crippen molar-refractivity contribution in [2.24, 2.45) is 10.9 Å². The molecule has 0 aliphatic heterocycles. The number of halogens is 3. The third-order valence-electron chi connectivity index (χ3n) is 1.56. The van der Waals surface area contributed by atoms with E-state index in [2.05, 4.69) is 15.2 Å². The summed E-state index contributed by atoms with van der Waals surface area (Å²) in [6, 6.07) is 0. The third-order valence-corrected chi connectivity index (χ3v) is 1.56. The third kappa shape index (κ3) is 10.8. The van der Waals surface area contributed by atoms with E-state index in [4.69, 9.17) is 10.9 Å². The van der Waals surface area contributed by atoms with Gasteiger partial charge in [0.15, 0.2) is 0 Å². The minimum atomic E-state index is -4.44. The van der Waals surface area contributed by atoms with Crippen molar-refractivity contribution in [3.63, 3.8) is 0 Å². The average Bonchev–Trinajstić information content (AvgIpc) is 2.22. The SMILES string of the molecule is NC(CCCNC(=O)COCC(F)(F)F)=NO. The van der Waals surface area contributed by atoms with Crippen LogP contribution in [0.2, 0.25) is 0 Å². The molecule has 0 atom stereocenters. The number of nitrogens with one attached hydrogen (secondary N) is 1. The summed E-state index contributed by atoms with van der Waals surface area (Å²) < 4.78 is 39.0. The van der Waals surface area contributed by atoms with Gasteiger partial charge < -0.3 is 21.0 Å². The van der Waals surface area contributed by atoms with Gasteiger partial charge in [0.1, 0.15) is 19.0 Å². The lowest BCUT2D eigenvalue weighted by Crippen LogP contribution is -2.31. The molecule has 17 heavy (non-hydrogen) atoms. The van der Waals surface area contributed by atoms with E-state index in [1.807, 2.05) is 0 Å². The molecule has 0 unspecified atom stereocenters. The Morgan fingerprint density at radius 3 is 2.65 bits per heavy atom. The molecule has 0 spiro atoms. The van der Waals surface area contributed by atoms with Gasteiger partial charge in [0.05, 0.1) is 0 Å². The van der Waals surface area contributed by atoms with Crippen molar-refractivity contribution in [3.8, 4) is 0 Å². The minimum Gasteiger partial charge on any atom is -0.409 e. The van der Waals surface area contributed by atoms with Gasteiger partial charge in [0.25, 0.3) is 0 Å². The Bertz CT molecular complexity index is 268. The molecule has 4 N–H and O–H groups in total. The van der Waals surface area contributed by atoms with Crippen molar-refractivity contribution in [2.75, 3.05) is 19.8 Å². The van der Waals surface area contributed by atoms with Gasteiger partial charge in [-0.25, -0.2) is 0 Å². The van der Waals surface area contributed by atoms with Gasteiger partial charge in [-0.3, -0.25) is 4.79 Å². The monoisotopic (exact) mass is 257 g/mol. The number of hydrogen-bond acceptors (Lipinski definition) is 4. The summed E-state index contributed by atoms with van der Waals surface area (Å²) in [6.07, 6.45) is -3.74. The molecular weight excluding hydrogens is 243 g/mol. The molecule has 0 rings (SSSR count). The topological polar surface area (TPSA) is 96.9 Å². The zero-order valence-corrected chi connectivity index (χ0v) is 8.96. The maximum atomic E-state index is 11.6. The number of hydrogen-bond donors (Lipinski definition) is 3. The highest BCUT2D eigenvalue weighted by Crippen LogP contribution is 2.13. The smallest absolute Gasteiger partial charge is 0.409 e. The summed E-state index contributed by atoms with van der Waals surface area (Å²) in [4.78, 5) is 10.9. The van der Waals surface area contributed by atoms with Crippen LogP contribution in [-0.2, 0) is 9.53 Å². The first kappa shape index (κ1) is 15.5. The molecule has 100 valence electrons. The molecule has 0 heterocycles. The highest BCUT2D eigenvalue weighted by atomic mass is 19.4. The van der Waals surface area contributed by atoms with Crippen LogP contribution >= 0.6 is 0 Å². The predicted molar refractivity (Wildman–Crippen MR) is 52.5 cm³/mol. The zero-order chi connectivity index (χ0) is 13.3. The molecule has 0 fully saturated rings. The summed E-state index contributed by atoms with van der Waals surface area (Å²) in [5.41, 5.74) is 5.16. The average molecular weight is 257 g/mol. The number of carbonyl (C=O) groups is 1. The molecule has 0 radical (unpaired) electrons. The van der Waals surface area contributed by atoms with Crippen LogP contribution in [0.3, 0.4) is 0 Å². The maximum Gasteiger partial charge on any atom is 0.411 e. The molecular formula is C8H14F3N3O3. The number of alkyl halides is 3. The molecule has 0 aliphatic rings. The molecule has 6 nitrogen and oxygen atoms in total. The van der Waals surface area contributed by atoms with Crippen molar-refractivity contribution >= 4 is 11.7 Å². The highest BCUT2D eigenvalue weighted by molar-refractivity contribution is 5.79. The summed E-state index contributed by atoms with van der Waals surface area (Å²) in [5.74, 6) is -0.624. The second-order valence-electron chi connectivity index (χ2n) is 3.15. The Hall–Kier alpha value is -1.51. The Kier molecular flexibility index (Phi) is 7.03. The Labute approximate surface area is 95.6 Å². The van der Waals surface area contributed by atoms with Crippen LogP contribution in [0.4, 0.5) is 13.2 Å². The lowest BCUT2D eigenvalue weighted by Gasteiger charge is -2.08. The van der Waals surface area contributed by atoms with Gasteiger partial charge in [-0.15, -0.1) is 0 Å². The standard InChI is InChI=1S/C8H14F3N3O3/c9-8(10,11)5-17-4-7(15)13-3-1-2-6(12)14-16/h16H,1-5H2,(H2,12,14)(H,13,15). The van der Waals surface area contributed by atoms with E-state index in [9.17, 15) is 18.0 Å². The second-order valence-corrected chi connectivity index (χ2v) is 3.15. The first-order valence-corrected chi connectivity index (χ1v) is 4.72. The number of nitrogens with zero attached hydrogens (tertiary/aromatic N) is 1. The Morgan fingerprint density at radius 2 is 2.12 bits per heavy atom. The minimum absolute atomic E-state index is 0.0209. The van der Waals surface area contributed by atoms with E-state index >= 15 is 0 Å². The van der Waals surface area contributed by atoms with Crippen LogP contribution in [0.25, 0.3) is 0 Å². The first-order chi connectivity index (χ1) is 7.85. The van der Waals surface area contributed by atoms with Gasteiger partial charge in [-0.1, -0.05) is 5.16 Å². The number of amidine groups is 1. The molecule has 0 aromatic rings. The molecule has 1 amide bonds. The lowest BCUT2D eigenvalue weighted by molar-refractivity contribution is -0.175. The van der Waals surface area contributed by atoms with E-state index < -0.39 is 25.3 Å². The van der Waals surface area contributed by atoms with E-state index in [-0.39, 0.29) is 18.8 Å². The number of rotatable bonds is 7. The molecule has 0 aromatic heterocycles. The summed E-state index contributed by atoms with van der Waals surface area (Å²) in [6.45, 7) is -1.89. The van der Waals surface area contributed by atoms with Crippen LogP contribution in [0.5, 0.6) is 0 Å². The van der Waals surface area contributed by atoms with Gasteiger partial charge in [0, 0.05) is 13.0 Å². The molecule has 0 saturated heterocycles. The molecule has 9 heteroatoms. The van der Waals surface area contributed by atoms with E-state index in [1.165, 1.54) is 0 Å². The van der Waals surface area contributed by atoms with Crippen LogP contribution in [-0.4, -0.2) is 42.9 Å². The van der Waals surface area contributed by atoms with E-state index in [0.29, 0.717) is 6.42 Å². The second kappa shape index (κ2) is 7.71. The van der Waals surface area contributed by atoms with Crippen molar-refractivity contribution in [2.45, 2.75) is 19.0 Å². The zero-order valence-electron chi connectivity index (χ0n) is 8.96. The fourth-order valence-corrected chi connectivity index (χ4v) is 0.858. The molecule has 0 aliphatic carbocycles. The lowest BCUT2D eigenvalue weighted by atomic mass is 10.3. The van der Waals surface area contributed by atoms with Crippen molar-refractivity contribution in [1.82, 2.24) is 5.32 Å².